The molecule has 1 aromatic rings. The summed E-state index contributed by atoms with van der Waals surface area (Å²) in [5, 5.41) is 3.38. The first kappa shape index (κ1) is 10.2. The topological polar surface area (TPSA) is 63.8 Å². The number of nitrogens with two attached hydrogens (primary N) is 1. The van der Waals surface area contributed by atoms with Crippen LogP contribution in [0.2, 0.25) is 0 Å². The van der Waals surface area contributed by atoms with Gasteiger partial charge in [-0.1, -0.05) is 6.92 Å². The van der Waals surface area contributed by atoms with Crippen LogP contribution in [0.5, 0.6) is 0 Å². The van der Waals surface area contributed by atoms with E-state index in [2.05, 4.69) is 22.2 Å². The average molecular weight is 206 g/mol. The molecule has 0 spiro atoms. The maximum atomic E-state index is 5.72. The molecule has 0 aliphatic heterocycles. The van der Waals surface area contributed by atoms with Gasteiger partial charge in [0, 0.05) is 12.1 Å². The van der Waals surface area contributed by atoms with Gasteiger partial charge in [-0.3, -0.25) is 0 Å². The van der Waals surface area contributed by atoms with Crippen molar-refractivity contribution < 1.29 is 0 Å². The van der Waals surface area contributed by atoms with Crippen LogP contribution in [0.3, 0.4) is 0 Å². The summed E-state index contributed by atoms with van der Waals surface area (Å²) in [6.07, 6.45) is 5.40. The largest absolute Gasteiger partial charge is 0.383 e. The molecule has 1 fully saturated rings. The Bertz CT molecular complexity index is 358. The van der Waals surface area contributed by atoms with Crippen LogP contribution in [-0.2, 0) is 0 Å². The summed E-state index contributed by atoms with van der Waals surface area (Å²) < 4.78 is 0. The Hall–Kier alpha value is -1.32. The molecule has 4 nitrogen and oxygen atoms in total. The van der Waals surface area contributed by atoms with Crippen molar-refractivity contribution in [2.45, 2.75) is 33.1 Å². The van der Waals surface area contributed by atoms with Gasteiger partial charge in [0.15, 0.2) is 0 Å². The van der Waals surface area contributed by atoms with Crippen LogP contribution in [0.15, 0.2) is 6.33 Å². The summed E-state index contributed by atoms with van der Waals surface area (Å²) in [6.45, 7) is 5.19. The van der Waals surface area contributed by atoms with E-state index in [0.717, 1.165) is 17.9 Å². The molecule has 0 radical (unpaired) electrons. The van der Waals surface area contributed by atoms with Crippen molar-refractivity contribution in [3.63, 3.8) is 0 Å². The van der Waals surface area contributed by atoms with Crippen LogP contribution in [0.25, 0.3) is 0 Å². The highest BCUT2D eigenvalue weighted by Crippen LogP contribution is 2.48. The first-order chi connectivity index (χ1) is 7.17. The summed E-state index contributed by atoms with van der Waals surface area (Å²) in [6, 6.07) is 0. The van der Waals surface area contributed by atoms with E-state index < -0.39 is 0 Å². The van der Waals surface area contributed by atoms with Gasteiger partial charge in [-0.25, -0.2) is 9.97 Å². The highest BCUT2D eigenvalue weighted by atomic mass is 15.0. The van der Waals surface area contributed by atoms with E-state index in [4.69, 9.17) is 5.73 Å². The molecule has 0 amide bonds. The third-order valence-electron chi connectivity index (χ3n) is 3.46. The van der Waals surface area contributed by atoms with E-state index in [1.807, 2.05) is 6.92 Å². The molecule has 15 heavy (non-hydrogen) atoms. The zero-order valence-electron chi connectivity index (χ0n) is 9.38. The molecule has 1 aliphatic rings. The molecule has 2 rings (SSSR count). The van der Waals surface area contributed by atoms with Crippen molar-refractivity contribution >= 4 is 11.6 Å². The first-order valence-electron chi connectivity index (χ1n) is 5.48. The number of nitrogens with zero attached hydrogens (tertiary/aromatic N) is 2. The molecule has 1 aliphatic carbocycles. The van der Waals surface area contributed by atoms with Crippen LogP contribution < -0.4 is 11.1 Å². The number of anilines is 2. The number of hydrogen-bond acceptors (Lipinski definition) is 4. The fraction of sp³-hybridized carbons (Fsp3) is 0.636. The predicted octanol–water partition coefficient (Wildman–Crippen LogP) is 1.97. The van der Waals surface area contributed by atoms with Crippen LogP contribution in [-0.4, -0.2) is 16.5 Å². The van der Waals surface area contributed by atoms with E-state index in [-0.39, 0.29) is 0 Å². The van der Waals surface area contributed by atoms with Crippen LogP contribution >= 0.6 is 0 Å². The first-order valence-corrected chi connectivity index (χ1v) is 5.48. The average Bonchev–Trinajstić information content (AvgIpc) is 3.01. The fourth-order valence-electron chi connectivity index (χ4n) is 1.75. The summed E-state index contributed by atoms with van der Waals surface area (Å²) in [7, 11) is 0. The molecule has 0 bridgehead atoms. The van der Waals surface area contributed by atoms with Crippen LogP contribution in [0, 0.1) is 12.3 Å². The predicted molar refractivity (Wildman–Crippen MR) is 61.6 cm³/mol. The fourth-order valence-corrected chi connectivity index (χ4v) is 1.75. The Morgan fingerprint density at radius 3 is 2.80 bits per heavy atom. The number of rotatable bonds is 4. The molecular formula is C11H18N4. The Morgan fingerprint density at radius 1 is 1.47 bits per heavy atom. The number of nitrogens with one attached hydrogen (secondary N) is 1. The quantitative estimate of drug-likeness (QED) is 0.790. The lowest BCUT2D eigenvalue weighted by atomic mass is 10.0. The SMILES string of the molecule is CCC1(CNc2ncnc(N)c2C)CC1. The molecule has 1 heterocycles. The molecule has 0 atom stereocenters. The summed E-state index contributed by atoms with van der Waals surface area (Å²) in [5.74, 6) is 1.44. The van der Waals surface area contributed by atoms with Gasteiger partial charge in [-0.2, -0.15) is 0 Å². The zero-order chi connectivity index (χ0) is 10.9. The van der Waals surface area contributed by atoms with Gasteiger partial charge in [0.2, 0.25) is 0 Å². The van der Waals surface area contributed by atoms with Gasteiger partial charge in [0.1, 0.15) is 18.0 Å². The molecular weight excluding hydrogens is 188 g/mol. The van der Waals surface area contributed by atoms with Gasteiger partial charge in [0.05, 0.1) is 0 Å². The molecule has 82 valence electrons. The molecule has 0 aromatic carbocycles. The molecule has 4 heteroatoms. The van der Waals surface area contributed by atoms with Crippen molar-refractivity contribution in [2.24, 2.45) is 5.41 Å². The third kappa shape index (κ3) is 2.03. The van der Waals surface area contributed by atoms with E-state index in [0.29, 0.717) is 11.2 Å². The maximum absolute atomic E-state index is 5.72. The number of aromatic nitrogens is 2. The van der Waals surface area contributed by atoms with Gasteiger partial charge in [0.25, 0.3) is 0 Å². The summed E-state index contributed by atoms with van der Waals surface area (Å²) in [4.78, 5) is 8.15. The lowest BCUT2D eigenvalue weighted by Gasteiger charge is -2.15. The van der Waals surface area contributed by atoms with E-state index >= 15 is 0 Å². The molecule has 3 N–H and O–H groups in total. The maximum Gasteiger partial charge on any atom is 0.134 e. The second-order valence-electron chi connectivity index (χ2n) is 4.44. The van der Waals surface area contributed by atoms with Crippen molar-refractivity contribution in [2.75, 3.05) is 17.6 Å². The second-order valence-corrected chi connectivity index (χ2v) is 4.44. The normalized spacial score (nSPS) is 17.5. The minimum atomic E-state index is 0.520. The monoisotopic (exact) mass is 206 g/mol. The minimum Gasteiger partial charge on any atom is -0.383 e. The Labute approximate surface area is 90.3 Å². The lowest BCUT2D eigenvalue weighted by molar-refractivity contribution is 0.520. The van der Waals surface area contributed by atoms with Gasteiger partial charge in [-0.05, 0) is 31.6 Å². The Kier molecular flexibility index (Phi) is 2.50. The molecule has 1 saturated carbocycles. The van der Waals surface area contributed by atoms with Crippen molar-refractivity contribution in [3.8, 4) is 0 Å². The standard InChI is InChI=1S/C11H18N4/c1-3-11(4-5-11)6-13-10-8(2)9(12)14-7-15-10/h7H,3-6H2,1-2H3,(H3,12,13,14,15). The van der Waals surface area contributed by atoms with E-state index in [1.54, 1.807) is 0 Å². The van der Waals surface area contributed by atoms with E-state index in [9.17, 15) is 0 Å². The summed E-state index contributed by atoms with van der Waals surface area (Å²) in [5.41, 5.74) is 7.19. The number of nitrogen functional groups attached to an aromatic ring is 1. The number of hydrogen-bond donors (Lipinski definition) is 2. The van der Waals surface area contributed by atoms with Gasteiger partial charge < -0.3 is 11.1 Å². The Morgan fingerprint density at radius 2 is 2.20 bits per heavy atom. The van der Waals surface area contributed by atoms with Crippen molar-refractivity contribution in [1.29, 1.82) is 0 Å². The molecule has 0 unspecified atom stereocenters. The van der Waals surface area contributed by atoms with Crippen molar-refractivity contribution in [3.05, 3.63) is 11.9 Å². The van der Waals surface area contributed by atoms with Gasteiger partial charge >= 0.3 is 0 Å². The lowest BCUT2D eigenvalue weighted by Crippen LogP contribution is -2.16. The summed E-state index contributed by atoms with van der Waals surface area (Å²) >= 11 is 0. The van der Waals surface area contributed by atoms with Crippen LogP contribution in [0.4, 0.5) is 11.6 Å². The van der Waals surface area contributed by atoms with Gasteiger partial charge in [-0.15, -0.1) is 0 Å². The van der Waals surface area contributed by atoms with E-state index in [1.165, 1.54) is 25.6 Å². The highest BCUT2D eigenvalue weighted by molar-refractivity contribution is 5.53. The smallest absolute Gasteiger partial charge is 0.134 e. The molecule has 1 aromatic heterocycles. The Balaban J connectivity index is 2.02. The second kappa shape index (κ2) is 3.68. The van der Waals surface area contributed by atoms with Crippen LogP contribution in [0.1, 0.15) is 31.7 Å². The third-order valence-corrected chi connectivity index (χ3v) is 3.46. The zero-order valence-corrected chi connectivity index (χ0v) is 9.38. The highest BCUT2D eigenvalue weighted by Gasteiger charge is 2.40. The molecule has 0 saturated heterocycles. The van der Waals surface area contributed by atoms with Crippen molar-refractivity contribution in [1.82, 2.24) is 9.97 Å². The minimum absolute atomic E-state index is 0.520.